The largest absolute Gasteiger partial charge is 0.480 e. The fourth-order valence-corrected chi connectivity index (χ4v) is 4.02. The van der Waals surface area contributed by atoms with Crippen LogP contribution in [0.2, 0.25) is 0 Å². The van der Waals surface area contributed by atoms with Gasteiger partial charge >= 0.3 is 16.3 Å². The van der Waals surface area contributed by atoms with E-state index in [9.17, 15) is 18.1 Å². The zero-order valence-corrected chi connectivity index (χ0v) is 16.2. The standard InChI is InChI=1S/C14H27N5O6S/c1-4-14(2,3)16-8-10-17(11-9-16)26(23,24)25-15-19(22)18-7-5-6-12(18)13(20)21/h12H,4-11H2,1-3H3,(H-,15,20,21,22)/p+1. The van der Waals surface area contributed by atoms with Crippen molar-refractivity contribution in [3.05, 3.63) is 4.91 Å². The van der Waals surface area contributed by atoms with Crippen molar-refractivity contribution in [1.82, 2.24) is 19.8 Å². The number of rotatable bonds is 8. The molecule has 0 aromatic heterocycles. The van der Waals surface area contributed by atoms with Gasteiger partial charge in [0.15, 0.2) is 6.04 Å². The molecule has 2 N–H and O–H groups in total. The number of nitrogens with one attached hydrogen (secondary N) is 1. The molecule has 2 saturated heterocycles. The molecule has 11 nitrogen and oxygen atoms in total. The fourth-order valence-electron chi connectivity index (χ4n) is 3.14. The van der Waals surface area contributed by atoms with Crippen LogP contribution in [0.3, 0.4) is 0 Å². The van der Waals surface area contributed by atoms with Crippen LogP contribution in [0.1, 0.15) is 40.0 Å². The second-order valence-electron chi connectivity index (χ2n) is 7.12. The van der Waals surface area contributed by atoms with Crippen LogP contribution >= 0.6 is 0 Å². The molecule has 2 fully saturated rings. The summed E-state index contributed by atoms with van der Waals surface area (Å²) in [6.07, 6.45) is 1.79. The number of carboxylic acid groups (broad SMARTS) is 1. The summed E-state index contributed by atoms with van der Waals surface area (Å²) in [5, 5.41) is 10.1. The first kappa shape index (κ1) is 20.8. The second-order valence-corrected chi connectivity index (χ2v) is 8.66. The Balaban J connectivity index is 1.88. The summed E-state index contributed by atoms with van der Waals surface area (Å²) in [5.74, 6) is -1.14. The van der Waals surface area contributed by atoms with E-state index in [1.165, 1.54) is 0 Å². The topological polar surface area (TPSA) is 123 Å². The highest BCUT2D eigenvalue weighted by atomic mass is 32.2. The van der Waals surface area contributed by atoms with Gasteiger partial charge in [0.1, 0.15) is 0 Å². The van der Waals surface area contributed by atoms with Crippen LogP contribution in [0, 0.1) is 4.91 Å². The summed E-state index contributed by atoms with van der Waals surface area (Å²) in [6, 6.07) is -0.994. The highest BCUT2D eigenvalue weighted by molar-refractivity contribution is 7.84. The average molecular weight is 394 g/mol. The molecule has 2 aliphatic rings. The molecule has 0 radical (unpaired) electrons. The predicted octanol–water partition coefficient (Wildman–Crippen LogP) is -0.283. The highest BCUT2D eigenvalue weighted by Gasteiger charge is 2.42. The Kier molecular flexibility index (Phi) is 6.42. The summed E-state index contributed by atoms with van der Waals surface area (Å²) < 4.78 is 30.3. The fraction of sp³-hybridized carbons (Fsp3) is 0.929. The number of hydrogen-bond acceptors (Lipinski definition) is 6. The van der Waals surface area contributed by atoms with Crippen molar-refractivity contribution in [2.24, 2.45) is 0 Å². The quantitative estimate of drug-likeness (QED) is 0.422. The minimum absolute atomic E-state index is 0.0115. The van der Waals surface area contributed by atoms with Crippen LogP contribution < -0.4 is 5.59 Å². The molecule has 0 saturated carbocycles. The van der Waals surface area contributed by atoms with Crippen molar-refractivity contribution in [3.8, 4) is 0 Å². The van der Waals surface area contributed by atoms with Gasteiger partial charge in [-0.2, -0.15) is 12.7 Å². The van der Waals surface area contributed by atoms with Gasteiger partial charge in [-0.15, -0.1) is 0 Å². The molecule has 0 bridgehead atoms. The molecule has 0 spiro atoms. The third-order valence-corrected chi connectivity index (χ3v) is 6.52. The van der Waals surface area contributed by atoms with E-state index in [-0.39, 0.29) is 30.2 Å². The van der Waals surface area contributed by atoms with Crippen LogP contribution in [0.5, 0.6) is 0 Å². The maximum absolute atomic E-state index is 12.3. The van der Waals surface area contributed by atoms with E-state index in [1.54, 1.807) is 5.59 Å². The van der Waals surface area contributed by atoms with Gasteiger partial charge < -0.3 is 5.11 Å². The van der Waals surface area contributed by atoms with Crippen molar-refractivity contribution < 1.29 is 27.6 Å². The van der Waals surface area contributed by atoms with Gasteiger partial charge in [-0.1, -0.05) is 16.2 Å². The minimum Gasteiger partial charge on any atom is -0.480 e. The molecule has 2 rings (SSSR count). The van der Waals surface area contributed by atoms with Gasteiger partial charge in [0.25, 0.3) is 4.98 Å². The Morgan fingerprint density at radius 3 is 2.42 bits per heavy atom. The summed E-state index contributed by atoms with van der Waals surface area (Å²) in [7, 11) is -4.14. The predicted molar refractivity (Wildman–Crippen MR) is 91.6 cm³/mol. The van der Waals surface area contributed by atoms with Gasteiger partial charge in [-0.05, 0) is 33.1 Å². The maximum atomic E-state index is 12.3. The summed E-state index contributed by atoms with van der Waals surface area (Å²) in [6.45, 7) is 8.17. The van der Waals surface area contributed by atoms with E-state index >= 15 is 0 Å². The number of nitroso groups, excluding NO2 is 1. The number of carboxylic acids is 1. The van der Waals surface area contributed by atoms with E-state index in [4.69, 9.17) is 5.11 Å². The van der Waals surface area contributed by atoms with E-state index in [0.717, 1.165) is 15.7 Å². The second kappa shape index (κ2) is 8.03. The number of nitrogens with zero attached hydrogens (tertiary/aromatic N) is 4. The molecule has 0 aromatic rings. The van der Waals surface area contributed by atoms with E-state index < -0.39 is 22.3 Å². The van der Waals surface area contributed by atoms with Crippen LogP contribution in [-0.2, 0) is 19.4 Å². The smallest absolute Gasteiger partial charge is 0.363 e. The van der Waals surface area contributed by atoms with Gasteiger partial charge in [0, 0.05) is 37.3 Å². The third-order valence-electron chi connectivity index (χ3n) is 5.24. The maximum Gasteiger partial charge on any atom is 0.363 e. The first-order valence-electron chi connectivity index (χ1n) is 8.74. The van der Waals surface area contributed by atoms with Crippen molar-refractivity contribution in [1.29, 1.82) is 0 Å². The minimum atomic E-state index is -4.14. The number of aliphatic carboxylic acids is 1. The lowest BCUT2D eigenvalue weighted by Crippen LogP contribution is -2.56. The van der Waals surface area contributed by atoms with Gasteiger partial charge in [-0.25, -0.2) is 4.79 Å². The van der Waals surface area contributed by atoms with Crippen LogP contribution in [0.4, 0.5) is 0 Å². The molecule has 2 heterocycles. The van der Waals surface area contributed by atoms with Gasteiger partial charge in [0.2, 0.25) is 0 Å². The Morgan fingerprint density at radius 2 is 1.88 bits per heavy atom. The number of hydrazine groups is 2. The third kappa shape index (κ3) is 4.61. The molecule has 0 aromatic carbocycles. The lowest BCUT2D eigenvalue weighted by atomic mass is 9.98. The van der Waals surface area contributed by atoms with Gasteiger partial charge in [-0.3, -0.25) is 4.90 Å². The molecule has 1 unspecified atom stereocenters. The Labute approximate surface area is 153 Å². The van der Waals surface area contributed by atoms with Crippen LogP contribution in [0.25, 0.3) is 0 Å². The van der Waals surface area contributed by atoms with Crippen molar-refractivity contribution in [2.75, 3.05) is 32.7 Å². The molecule has 1 atom stereocenters. The first-order valence-corrected chi connectivity index (χ1v) is 10.1. The number of carbonyl (C=O) groups is 1. The average Bonchev–Trinajstić information content (AvgIpc) is 3.10. The number of piperazine rings is 1. The molecular formula is C14H28N5O6S+. The Hall–Kier alpha value is -1.50. The number of hydrogen-bond donors (Lipinski definition) is 2. The zero-order valence-electron chi connectivity index (χ0n) is 15.4. The van der Waals surface area contributed by atoms with E-state index in [2.05, 4.69) is 30.0 Å². The van der Waals surface area contributed by atoms with E-state index in [1.807, 2.05) is 0 Å². The van der Waals surface area contributed by atoms with Crippen molar-refractivity contribution in [3.63, 3.8) is 0 Å². The molecule has 12 heteroatoms. The molecule has 26 heavy (non-hydrogen) atoms. The van der Waals surface area contributed by atoms with Gasteiger partial charge in [0.05, 0.1) is 11.5 Å². The van der Waals surface area contributed by atoms with Crippen molar-refractivity contribution >= 4 is 16.3 Å². The lowest BCUT2D eigenvalue weighted by molar-refractivity contribution is -0.782. The van der Waals surface area contributed by atoms with Crippen LogP contribution in [-0.4, -0.2) is 83.0 Å². The first-order chi connectivity index (χ1) is 12.1. The molecule has 2 aliphatic heterocycles. The molecular weight excluding hydrogens is 366 g/mol. The lowest BCUT2D eigenvalue weighted by Gasteiger charge is -2.42. The van der Waals surface area contributed by atoms with Crippen LogP contribution in [0.15, 0.2) is 0 Å². The SMILES string of the molecule is CCC(C)(C)N1CCN(S(=O)(=O)ON[N+](=O)N2CCCC2C(=O)O)CC1. The monoisotopic (exact) mass is 394 g/mol. The Morgan fingerprint density at radius 1 is 1.27 bits per heavy atom. The van der Waals surface area contributed by atoms with Crippen molar-refractivity contribution in [2.45, 2.75) is 51.6 Å². The molecule has 0 aliphatic carbocycles. The van der Waals surface area contributed by atoms with E-state index in [0.29, 0.717) is 25.9 Å². The molecule has 0 amide bonds. The summed E-state index contributed by atoms with van der Waals surface area (Å²) in [4.78, 5) is 25.3. The Bertz CT molecular complexity index is 632. The highest BCUT2D eigenvalue weighted by Crippen LogP contribution is 2.21. The summed E-state index contributed by atoms with van der Waals surface area (Å²) in [5.41, 5.74) is 1.79. The zero-order chi connectivity index (χ0) is 19.5. The normalized spacial score (nSPS) is 23.2. The molecule has 150 valence electrons. The summed E-state index contributed by atoms with van der Waals surface area (Å²) >= 11 is 0.